The first kappa shape index (κ1) is 20.8. The van der Waals surface area contributed by atoms with Crippen LogP contribution >= 0.6 is 0 Å². The highest BCUT2D eigenvalue weighted by atomic mass is 32.2. The summed E-state index contributed by atoms with van der Waals surface area (Å²) in [5.74, 6) is 0. The van der Waals surface area contributed by atoms with Gasteiger partial charge in [0, 0.05) is 31.7 Å². The summed E-state index contributed by atoms with van der Waals surface area (Å²) in [6, 6.07) is 24.8. The van der Waals surface area contributed by atoms with E-state index in [1.807, 2.05) is 54.6 Å². The van der Waals surface area contributed by atoms with Crippen LogP contribution in [0.1, 0.15) is 11.1 Å². The molecule has 6 heteroatoms. The van der Waals surface area contributed by atoms with E-state index in [4.69, 9.17) is 4.74 Å². The Kier molecular flexibility index (Phi) is 6.59. The lowest BCUT2D eigenvalue weighted by atomic mass is 10.1. The Labute approximate surface area is 178 Å². The summed E-state index contributed by atoms with van der Waals surface area (Å²) in [5, 5.41) is 0. The zero-order chi connectivity index (χ0) is 20.8. The zero-order valence-corrected chi connectivity index (χ0v) is 17.6. The number of rotatable bonds is 7. The number of morpholine rings is 1. The van der Waals surface area contributed by atoms with E-state index >= 15 is 0 Å². The van der Waals surface area contributed by atoms with Gasteiger partial charge in [-0.2, -0.15) is 0 Å². The van der Waals surface area contributed by atoms with E-state index in [9.17, 15) is 8.42 Å². The fraction of sp³-hybridized carbons (Fsp3) is 0.250. The second-order valence-electron chi connectivity index (χ2n) is 7.40. The molecule has 1 N–H and O–H groups in total. The van der Waals surface area contributed by atoms with Crippen LogP contribution in [-0.4, -0.2) is 39.6 Å². The largest absolute Gasteiger partial charge is 0.379 e. The Balaban J connectivity index is 1.48. The number of hydrogen-bond acceptors (Lipinski definition) is 4. The normalized spacial score (nSPS) is 15.2. The van der Waals surface area contributed by atoms with Crippen LogP contribution in [0.2, 0.25) is 0 Å². The highest BCUT2D eigenvalue weighted by Gasteiger charge is 2.19. The molecule has 3 aromatic rings. The van der Waals surface area contributed by atoms with Crippen LogP contribution in [-0.2, 0) is 27.8 Å². The lowest BCUT2D eigenvalue weighted by Crippen LogP contribution is -2.35. The zero-order valence-electron chi connectivity index (χ0n) is 16.8. The highest BCUT2D eigenvalue weighted by molar-refractivity contribution is 7.89. The fourth-order valence-electron chi connectivity index (χ4n) is 3.67. The van der Waals surface area contributed by atoms with Crippen molar-refractivity contribution in [1.82, 2.24) is 9.62 Å². The van der Waals surface area contributed by atoms with Crippen molar-refractivity contribution in [2.75, 3.05) is 26.3 Å². The predicted octanol–water partition coefficient (Wildman–Crippen LogP) is 3.66. The molecule has 0 atom stereocenters. The third kappa shape index (κ3) is 5.15. The van der Waals surface area contributed by atoms with E-state index in [1.54, 1.807) is 12.1 Å². The highest BCUT2D eigenvalue weighted by Crippen LogP contribution is 2.27. The average Bonchev–Trinajstić information content (AvgIpc) is 2.79. The lowest BCUT2D eigenvalue weighted by molar-refractivity contribution is 0.0342. The molecule has 30 heavy (non-hydrogen) atoms. The van der Waals surface area contributed by atoms with Crippen molar-refractivity contribution in [2.24, 2.45) is 0 Å². The molecule has 4 rings (SSSR count). The van der Waals surface area contributed by atoms with Gasteiger partial charge in [-0.3, -0.25) is 4.90 Å². The smallest absolute Gasteiger partial charge is 0.241 e. The van der Waals surface area contributed by atoms with E-state index in [2.05, 4.69) is 21.8 Å². The molecular weight excluding hydrogens is 396 g/mol. The van der Waals surface area contributed by atoms with E-state index in [1.165, 1.54) is 5.56 Å². The van der Waals surface area contributed by atoms with Gasteiger partial charge in [0.2, 0.25) is 10.0 Å². The molecule has 1 aliphatic rings. The molecule has 0 unspecified atom stereocenters. The molecule has 1 saturated heterocycles. The van der Waals surface area contributed by atoms with Crippen molar-refractivity contribution >= 4 is 10.0 Å². The van der Waals surface area contributed by atoms with Gasteiger partial charge in [0.1, 0.15) is 0 Å². The van der Waals surface area contributed by atoms with E-state index in [0.29, 0.717) is 10.5 Å². The third-order valence-electron chi connectivity index (χ3n) is 5.23. The van der Waals surface area contributed by atoms with E-state index < -0.39 is 10.0 Å². The van der Waals surface area contributed by atoms with Gasteiger partial charge in [-0.1, -0.05) is 72.8 Å². The summed E-state index contributed by atoms with van der Waals surface area (Å²) in [6.07, 6.45) is 0. The van der Waals surface area contributed by atoms with Crippen molar-refractivity contribution < 1.29 is 13.2 Å². The van der Waals surface area contributed by atoms with Gasteiger partial charge in [0.15, 0.2) is 0 Å². The first-order valence-corrected chi connectivity index (χ1v) is 11.6. The summed E-state index contributed by atoms with van der Waals surface area (Å²) in [6.45, 7) is 4.48. The lowest BCUT2D eigenvalue weighted by Gasteiger charge is -2.26. The standard InChI is InChI=1S/C24H26N2O3S/c27-30(28,24-12-5-4-11-23(24)22-9-2-1-3-10-22)25-18-20-7-6-8-21(17-20)19-26-13-15-29-16-14-26/h1-12,17,25H,13-16,18-19H2. The summed E-state index contributed by atoms with van der Waals surface area (Å²) >= 11 is 0. The predicted molar refractivity (Wildman–Crippen MR) is 118 cm³/mol. The number of nitrogens with one attached hydrogen (secondary N) is 1. The quantitative estimate of drug-likeness (QED) is 0.631. The fourth-order valence-corrected chi connectivity index (χ4v) is 4.91. The Bertz CT molecular complexity index is 1080. The van der Waals surface area contributed by atoms with Gasteiger partial charge < -0.3 is 4.74 Å². The Morgan fingerprint density at radius 2 is 1.53 bits per heavy atom. The molecule has 3 aromatic carbocycles. The van der Waals surface area contributed by atoms with Crippen LogP contribution < -0.4 is 4.72 Å². The van der Waals surface area contributed by atoms with Crippen molar-refractivity contribution in [3.8, 4) is 11.1 Å². The van der Waals surface area contributed by atoms with Gasteiger partial charge in [0.25, 0.3) is 0 Å². The van der Waals surface area contributed by atoms with Crippen molar-refractivity contribution in [3.05, 3.63) is 90.0 Å². The maximum absolute atomic E-state index is 13.1. The summed E-state index contributed by atoms with van der Waals surface area (Å²) in [4.78, 5) is 2.64. The van der Waals surface area contributed by atoms with Gasteiger partial charge in [-0.15, -0.1) is 0 Å². The third-order valence-corrected chi connectivity index (χ3v) is 6.69. The number of nitrogens with zero attached hydrogens (tertiary/aromatic N) is 1. The van der Waals surface area contributed by atoms with Crippen LogP contribution in [0.5, 0.6) is 0 Å². The van der Waals surface area contributed by atoms with Crippen LogP contribution in [0.15, 0.2) is 83.8 Å². The minimum atomic E-state index is -3.65. The van der Waals surface area contributed by atoms with Crippen molar-refractivity contribution in [3.63, 3.8) is 0 Å². The maximum atomic E-state index is 13.1. The minimum absolute atomic E-state index is 0.252. The van der Waals surface area contributed by atoms with Crippen LogP contribution in [0.25, 0.3) is 11.1 Å². The van der Waals surface area contributed by atoms with E-state index in [0.717, 1.165) is 44.0 Å². The first-order chi connectivity index (χ1) is 14.6. The second-order valence-corrected chi connectivity index (χ2v) is 9.13. The molecule has 5 nitrogen and oxygen atoms in total. The van der Waals surface area contributed by atoms with Gasteiger partial charge in [-0.25, -0.2) is 13.1 Å². The van der Waals surface area contributed by atoms with Crippen LogP contribution in [0.3, 0.4) is 0 Å². The molecule has 0 radical (unpaired) electrons. The molecule has 0 bridgehead atoms. The average molecular weight is 423 g/mol. The van der Waals surface area contributed by atoms with Crippen LogP contribution in [0.4, 0.5) is 0 Å². The number of hydrogen-bond donors (Lipinski definition) is 1. The van der Waals surface area contributed by atoms with Gasteiger partial charge >= 0.3 is 0 Å². The Hall–Kier alpha value is -2.51. The Morgan fingerprint density at radius 3 is 2.33 bits per heavy atom. The molecule has 0 amide bonds. The molecule has 0 saturated carbocycles. The number of ether oxygens (including phenoxy) is 1. The van der Waals surface area contributed by atoms with Crippen molar-refractivity contribution in [2.45, 2.75) is 18.0 Å². The van der Waals surface area contributed by atoms with E-state index in [-0.39, 0.29) is 6.54 Å². The molecule has 0 spiro atoms. The SMILES string of the molecule is O=S(=O)(NCc1cccc(CN2CCOCC2)c1)c1ccccc1-c1ccccc1. The van der Waals surface area contributed by atoms with Gasteiger partial charge in [0.05, 0.1) is 18.1 Å². The van der Waals surface area contributed by atoms with Gasteiger partial charge in [-0.05, 0) is 22.8 Å². The monoisotopic (exact) mass is 422 g/mol. The van der Waals surface area contributed by atoms with Crippen LogP contribution in [0, 0.1) is 0 Å². The topological polar surface area (TPSA) is 58.6 Å². The number of sulfonamides is 1. The minimum Gasteiger partial charge on any atom is -0.379 e. The molecular formula is C24H26N2O3S. The molecule has 1 fully saturated rings. The molecule has 1 heterocycles. The second kappa shape index (κ2) is 9.53. The summed E-state index contributed by atoms with van der Waals surface area (Å²) in [5.41, 5.74) is 3.71. The van der Waals surface area contributed by atoms with Crippen molar-refractivity contribution in [1.29, 1.82) is 0 Å². The molecule has 156 valence electrons. The maximum Gasteiger partial charge on any atom is 0.241 e. The molecule has 1 aliphatic heterocycles. The molecule has 0 aliphatic carbocycles. The summed E-state index contributed by atoms with van der Waals surface area (Å²) < 4.78 is 34.3. The Morgan fingerprint density at radius 1 is 0.833 bits per heavy atom. The number of benzene rings is 3. The first-order valence-electron chi connectivity index (χ1n) is 10.1. The summed E-state index contributed by atoms with van der Waals surface area (Å²) in [7, 11) is -3.65. The molecule has 0 aromatic heterocycles.